The van der Waals surface area contributed by atoms with Gasteiger partial charge >= 0.3 is 0 Å². The van der Waals surface area contributed by atoms with Gasteiger partial charge < -0.3 is 10.1 Å². The number of hydrogen-bond acceptors (Lipinski definition) is 2. The van der Waals surface area contributed by atoms with Crippen molar-refractivity contribution in [3.8, 4) is 5.75 Å². The monoisotopic (exact) mass is 343 g/mol. The topological polar surface area (TPSA) is 38.3 Å². The average Bonchev–Trinajstić information content (AvgIpc) is 2.55. The smallest absolute Gasteiger partial charge is 0.248 e. The largest absolute Gasteiger partial charge is 0.494 e. The van der Waals surface area contributed by atoms with Crippen molar-refractivity contribution in [2.75, 3.05) is 11.9 Å². The van der Waals surface area contributed by atoms with Crippen molar-refractivity contribution >= 4 is 29.3 Å². The van der Waals surface area contributed by atoms with E-state index in [0.717, 1.165) is 23.4 Å². The predicted molar refractivity (Wildman–Crippen MR) is 101 cm³/mol. The van der Waals surface area contributed by atoms with Gasteiger partial charge in [-0.15, -0.1) is 0 Å². The minimum Gasteiger partial charge on any atom is -0.494 e. The molecule has 3 nitrogen and oxygen atoms in total. The third kappa shape index (κ3) is 6.09. The number of benzene rings is 2. The first-order valence-electron chi connectivity index (χ1n) is 8.01. The minimum atomic E-state index is -0.205. The fourth-order valence-electron chi connectivity index (χ4n) is 2.01. The Bertz CT molecular complexity index is 693. The second-order valence-electron chi connectivity index (χ2n) is 5.90. The quantitative estimate of drug-likeness (QED) is 0.682. The number of carbonyl (C=O) groups is 1. The molecule has 2 aromatic carbocycles. The van der Waals surface area contributed by atoms with Crippen LogP contribution in [-0.4, -0.2) is 12.5 Å². The summed E-state index contributed by atoms with van der Waals surface area (Å²) in [5.74, 6) is 1.22. The molecule has 0 unspecified atom stereocenters. The van der Waals surface area contributed by atoms with E-state index in [4.69, 9.17) is 16.3 Å². The van der Waals surface area contributed by atoms with E-state index in [0.29, 0.717) is 17.5 Å². The summed E-state index contributed by atoms with van der Waals surface area (Å²) in [6, 6.07) is 14.7. The van der Waals surface area contributed by atoms with E-state index in [1.807, 2.05) is 42.5 Å². The molecule has 0 bridgehead atoms. The maximum Gasteiger partial charge on any atom is 0.248 e. The fraction of sp³-hybridized carbons (Fsp3) is 0.250. The van der Waals surface area contributed by atoms with Crippen LogP contribution in [0.3, 0.4) is 0 Å². The molecule has 0 saturated heterocycles. The van der Waals surface area contributed by atoms with Crippen LogP contribution in [0.5, 0.6) is 5.75 Å². The highest BCUT2D eigenvalue weighted by molar-refractivity contribution is 6.32. The molecule has 126 valence electrons. The molecule has 4 heteroatoms. The zero-order chi connectivity index (χ0) is 17.4. The molecule has 0 aliphatic heterocycles. The average molecular weight is 344 g/mol. The van der Waals surface area contributed by atoms with Crippen LogP contribution in [0.1, 0.15) is 25.8 Å². The van der Waals surface area contributed by atoms with Gasteiger partial charge in [0.25, 0.3) is 0 Å². The molecule has 0 spiro atoms. The summed E-state index contributed by atoms with van der Waals surface area (Å²) in [7, 11) is 0. The second-order valence-corrected chi connectivity index (χ2v) is 6.31. The molecule has 1 N–H and O–H groups in total. The van der Waals surface area contributed by atoms with Crippen LogP contribution in [0.4, 0.5) is 5.69 Å². The molecular weight excluding hydrogens is 322 g/mol. The Kier molecular flexibility index (Phi) is 6.89. The Balaban J connectivity index is 1.87. The third-order valence-corrected chi connectivity index (χ3v) is 3.75. The van der Waals surface area contributed by atoms with Crippen molar-refractivity contribution in [1.29, 1.82) is 0 Å². The molecule has 24 heavy (non-hydrogen) atoms. The minimum absolute atomic E-state index is 0.205. The maximum absolute atomic E-state index is 12.0. The van der Waals surface area contributed by atoms with Crippen molar-refractivity contribution in [2.24, 2.45) is 5.92 Å². The summed E-state index contributed by atoms with van der Waals surface area (Å²) < 4.78 is 5.65. The lowest BCUT2D eigenvalue weighted by atomic mass is 10.1. The lowest BCUT2D eigenvalue weighted by Gasteiger charge is -2.09. The Morgan fingerprint density at radius 3 is 2.54 bits per heavy atom. The first-order chi connectivity index (χ1) is 11.5. The fourth-order valence-corrected chi connectivity index (χ4v) is 2.21. The molecule has 2 rings (SSSR count). The van der Waals surface area contributed by atoms with E-state index in [1.54, 1.807) is 12.1 Å². The number of rotatable bonds is 7. The lowest BCUT2D eigenvalue weighted by Crippen LogP contribution is -2.07. The number of ether oxygens (including phenoxy) is 1. The lowest BCUT2D eigenvalue weighted by molar-refractivity contribution is -0.111. The van der Waals surface area contributed by atoms with Gasteiger partial charge in [-0.1, -0.05) is 43.6 Å². The van der Waals surface area contributed by atoms with Crippen molar-refractivity contribution in [3.63, 3.8) is 0 Å². The molecular formula is C20H22ClNO2. The molecule has 0 heterocycles. The van der Waals surface area contributed by atoms with Crippen molar-refractivity contribution in [1.82, 2.24) is 0 Å². The summed E-state index contributed by atoms with van der Waals surface area (Å²) in [5, 5.41) is 3.42. The number of anilines is 1. The number of nitrogens with one attached hydrogen (secondary N) is 1. The van der Waals surface area contributed by atoms with E-state index in [1.165, 1.54) is 6.08 Å². The van der Waals surface area contributed by atoms with E-state index >= 15 is 0 Å². The molecule has 0 radical (unpaired) electrons. The number of carbonyl (C=O) groups excluding carboxylic acids is 1. The summed E-state index contributed by atoms with van der Waals surface area (Å²) in [5.41, 5.74) is 1.53. The van der Waals surface area contributed by atoms with Crippen LogP contribution >= 0.6 is 11.6 Å². The SMILES string of the molecule is CC(C)CCOc1ccc(NC(=O)/C=C/c2ccccc2Cl)cc1. The van der Waals surface area contributed by atoms with E-state index in [9.17, 15) is 4.79 Å². The van der Waals surface area contributed by atoms with Gasteiger partial charge in [-0.2, -0.15) is 0 Å². The van der Waals surface area contributed by atoms with Crippen LogP contribution in [0.2, 0.25) is 5.02 Å². The van der Waals surface area contributed by atoms with Crippen LogP contribution in [-0.2, 0) is 4.79 Å². The summed E-state index contributed by atoms with van der Waals surface area (Å²) >= 11 is 6.05. The van der Waals surface area contributed by atoms with Crippen molar-refractivity contribution in [2.45, 2.75) is 20.3 Å². The van der Waals surface area contributed by atoms with Crippen LogP contribution < -0.4 is 10.1 Å². The Hall–Kier alpha value is -2.26. The van der Waals surface area contributed by atoms with Gasteiger partial charge in [0.1, 0.15) is 5.75 Å². The highest BCUT2D eigenvalue weighted by atomic mass is 35.5. The highest BCUT2D eigenvalue weighted by Gasteiger charge is 2.01. The van der Waals surface area contributed by atoms with Crippen LogP contribution in [0, 0.1) is 5.92 Å². The third-order valence-electron chi connectivity index (χ3n) is 3.41. The normalized spacial score (nSPS) is 11.0. The zero-order valence-electron chi connectivity index (χ0n) is 14.0. The van der Waals surface area contributed by atoms with Crippen molar-refractivity contribution in [3.05, 3.63) is 65.2 Å². The Morgan fingerprint density at radius 1 is 1.17 bits per heavy atom. The van der Waals surface area contributed by atoms with Gasteiger partial charge in [0, 0.05) is 16.8 Å². The second kappa shape index (κ2) is 9.14. The number of hydrogen-bond donors (Lipinski definition) is 1. The number of amides is 1. The van der Waals surface area contributed by atoms with E-state index in [2.05, 4.69) is 19.2 Å². The molecule has 0 atom stereocenters. The first kappa shape index (κ1) is 18.1. The maximum atomic E-state index is 12.0. The van der Waals surface area contributed by atoms with Gasteiger partial charge in [0.15, 0.2) is 0 Å². The van der Waals surface area contributed by atoms with Crippen molar-refractivity contribution < 1.29 is 9.53 Å². The van der Waals surface area contributed by atoms with E-state index in [-0.39, 0.29) is 5.91 Å². The van der Waals surface area contributed by atoms with Crippen LogP contribution in [0.15, 0.2) is 54.6 Å². The van der Waals surface area contributed by atoms with Gasteiger partial charge in [-0.25, -0.2) is 0 Å². The predicted octanol–water partition coefficient (Wildman–Crippen LogP) is 5.42. The summed E-state index contributed by atoms with van der Waals surface area (Å²) in [6.07, 6.45) is 4.18. The molecule has 0 saturated carbocycles. The molecule has 0 aromatic heterocycles. The van der Waals surface area contributed by atoms with E-state index < -0.39 is 0 Å². The molecule has 0 aliphatic rings. The van der Waals surface area contributed by atoms with Gasteiger partial charge in [0.2, 0.25) is 5.91 Å². The molecule has 1 amide bonds. The van der Waals surface area contributed by atoms with Gasteiger partial charge in [-0.3, -0.25) is 4.79 Å². The molecule has 2 aromatic rings. The number of halogens is 1. The Labute approximate surface area is 148 Å². The van der Waals surface area contributed by atoms with Crippen LogP contribution in [0.25, 0.3) is 6.08 Å². The molecule has 0 fully saturated rings. The summed E-state index contributed by atoms with van der Waals surface area (Å²) in [4.78, 5) is 12.0. The first-order valence-corrected chi connectivity index (χ1v) is 8.39. The highest BCUT2D eigenvalue weighted by Crippen LogP contribution is 2.18. The van der Waals surface area contributed by atoms with Gasteiger partial charge in [-0.05, 0) is 54.3 Å². The summed E-state index contributed by atoms with van der Waals surface area (Å²) in [6.45, 7) is 5.03. The zero-order valence-corrected chi connectivity index (χ0v) is 14.7. The Morgan fingerprint density at radius 2 is 1.88 bits per heavy atom. The standard InChI is InChI=1S/C20H22ClNO2/c1-15(2)13-14-24-18-10-8-17(9-11-18)22-20(23)12-7-16-5-3-4-6-19(16)21/h3-12,15H,13-14H2,1-2H3,(H,22,23)/b12-7+. The van der Waals surface area contributed by atoms with Gasteiger partial charge in [0.05, 0.1) is 6.61 Å². The molecule has 0 aliphatic carbocycles.